The Bertz CT molecular complexity index is 640. The van der Waals surface area contributed by atoms with Crippen LogP contribution < -0.4 is 4.74 Å². The fourth-order valence-electron chi connectivity index (χ4n) is 3.25. The van der Waals surface area contributed by atoms with E-state index in [1.54, 1.807) is 23.7 Å². The highest BCUT2D eigenvalue weighted by Gasteiger charge is 2.49. The Morgan fingerprint density at radius 3 is 3.09 bits per heavy atom. The summed E-state index contributed by atoms with van der Waals surface area (Å²) >= 11 is 3.84. The third-order valence-corrected chi connectivity index (χ3v) is 6.69. The van der Waals surface area contributed by atoms with Gasteiger partial charge in [-0.25, -0.2) is 4.98 Å². The van der Waals surface area contributed by atoms with E-state index in [4.69, 9.17) is 4.74 Å². The number of nitrogens with zero attached hydrogens (tertiary/aromatic N) is 3. The van der Waals surface area contributed by atoms with Crippen LogP contribution in [0.15, 0.2) is 29.9 Å². The van der Waals surface area contributed by atoms with E-state index in [9.17, 15) is 0 Å². The van der Waals surface area contributed by atoms with Crippen LogP contribution in [0.5, 0.6) is 5.75 Å². The normalized spacial score (nSPS) is 23.6. The number of aromatic nitrogens is 2. The zero-order valence-electron chi connectivity index (χ0n) is 12.6. The van der Waals surface area contributed by atoms with Crippen LogP contribution >= 0.6 is 23.1 Å². The average Bonchev–Trinajstić information content (AvgIpc) is 3.07. The lowest BCUT2D eigenvalue weighted by atomic mass is 9.93. The predicted molar refractivity (Wildman–Crippen MR) is 90.6 cm³/mol. The Labute approximate surface area is 138 Å². The lowest BCUT2D eigenvalue weighted by Crippen LogP contribution is -2.58. The summed E-state index contributed by atoms with van der Waals surface area (Å²) in [6.07, 6.45) is 5.04. The van der Waals surface area contributed by atoms with Gasteiger partial charge in [-0.05, 0) is 19.1 Å². The number of ether oxygens (including phenoxy) is 1. The van der Waals surface area contributed by atoms with Gasteiger partial charge in [0.15, 0.2) is 0 Å². The Balaban J connectivity index is 1.29. The van der Waals surface area contributed by atoms with E-state index in [-0.39, 0.29) is 0 Å². The fraction of sp³-hybridized carbons (Fsp3) is 0.500. The number of rotatable bonds is 4. The molecule has 0 radical (unpaired) electrons. The molecule has 0 N–H and O–H groups in total. The van der Waals surface area contributed by atoms with Gasteiger partial charge < -0.3 is 4.74 Å². The van der Waals surface area contributed by atoms with Crippen molar-refractivity contribution in [1.82, 2.24) is 14.9 Å². The maximum Gasteiger partial charge on any atom is 0.138 e. The first-order chi connectivity index (χ1) is 10.7. The number of aryl methyl sites for hydroxylation is 1. The zero-order chi connectivity index (χ0) is 15.0. The number of hydrogen-bond acceptors (Lipinski definition) is 6. The first-order valence-corrected chi connectivity index (χ1v) is 9.41. The number of thiazole rings is 1. The molecule has 22 heavy (non-hydrogen) atoms. The molecule has 2 saturated heterocycles. The van der Waals surface area contributed by atoms with Gasteiger partial charge in [0, 0.05) is 47.3 Å². The molecule has 4 heterocycles. The van der Waals surface area contributed by atoms with E-state index in [2.05, 4.69) is 38.9 Å². The summed E-state index contributed by atoms with van der Waals surface area (Å²) in [5, 5.41) is 3.37. The summed E-state index contributed by atoms with van der Waals surface area (Å²) in [6, 6.07) is 3.91. The van der Waals surface area contributed by atoms with Crippen molar-refractivity contribution in [3.05, 3.63) is 40.6 Å². The summed E-state index contributed by atoms with van der Waals surface area (Å²) in [7, 11) is 0. The molecule has 0 amide bonds. The highest BCUT2D eigenvalue weighted by atomic mass is 32.2. The molecular weight excluding hydrogens is 314 g/mol. The molecule has 116 valence electrons. The van der Waals surface area contributed by atoms with Gasteiger partial charge in [0.2, 0.25) is 0 Å². The SMILES string of the molecule is Cc1csc(CN2CC3(CC(Oc4cccnc4)CS3)C2)n1. The van der Waals surface area contributed by atoms with Crippen molar-refractivity contribution < 1.29 is 4.74 Å². The van der Waals surface area contributed by atoms with Crippen molar-refractivity contribution in [2.24, 2.45) is 0 Å². The Morgan fingerprint density at radius 1 is 1.45 bits per heavy atom. The van der Waals surface area contributed by atoms with Crippen LogP contribution in [0.1, 0.15) is 17.1 Å². The van der Waals surface area contributed by atoms with Crippen LogP contribution in [0.4, 0.5) is 0 Å². The number of pyridine rings is 1. The molecule has 1 atom stereocenters. The molecule has 0 bridgehead atoms. The molecule has 2 aliphatic rings. The third kappa shape index (κ3) is 3.00. The second kappa shape index (κ2) is 5.83. The molecule has 2 aromatic rings. The fourth-order valence-corrected chi connectivity index (χ4v) is 5.64. The highest BCUT2D eigenvalue weighted by molar-refractivity contribution is 8.01. The van der Waals surface area contributed by atoms with Gasteiger partial charge in [-0.15, -0.1) is 23.1 Å². The Hall–Kier alpha value is -1.11. The molecule has 1 spiro atoms. The molecule has 4 rings (SSSR count). The minimum absolute atomic E-state index is 0.318. The smallest absolute Gasteiger partial charge is 0.138 e. The molecule has 0 aliphatic carbocycles. The lowest BCUT2D eigenvalue weighted by Gasteiger charge is -2.47. The first kappa shape index (κ1) is 14.5. The summed E-state index contributed by atoms with van der Waals surface area (Å²) in [5.41, 5.74) is 1.13. The van der Waals surface area contributed by atoms with Gasteiger partial charge in [-0.3, -0.25) is 9.88 Å². The van der Waals surface area contributed by atoms with Gasteiger partial charge in [0.1, 0.15) is 16.9 Å². The van der Waals surface area contributed by atoms with E-state index in [0.717, 1.165) is 43.3 Å². The summed E-state index contributed by atoms with van der Waals surface area (Å²) in [5.74, 6) is 1.97. The third-order valence-electron chi connectivity index (χ3n) is 4.16. The van der Waals surface area contributed by atoms with E-state index in [0.29, 0.717) is 10.9 Å². The van der Waals surface area contributed by atoms with Crippen molar-refractivity contribution in [1.29, 1.82) is 0 Å². The molecule has 2 fully saturated rings. The largest absolute Gasteiger partial charge is 0.488 e. The molecule has 1 unspecified atom stereocenters. The van der Waals surface area contributed by atoms with Gasteiger partial charge in [-0.2, -0.15) is 0 Å². The second-order valence-corrected chi connectivity index (χ2v) is 8.59. The van der Waals surface area contributed by atoms with Gasteiger partial charge in [-0.1, -0.05) is 0 Å². The molecule has 2 aliphatic heterocycles. The molecule has 4 nitrogen and oxygen atoms in total. The summed E-state index contributed by atoms with van der Waals surface area (Å²) in [4.78, 5) is 11.2. The molecule has 2 aromatic heterocycles. The van der Waals surface area contributed by atoms with Crippen molar-refractivity contribution in [2.45, 2.75) is 30.7 Å². The minimum atomic E-state index is 0.318. The maximum atomic E-state index is 6.05. The lowest BCUT2D eigenvalue weighted by molar-refractivity contribution is 0.0919. The van der Waals surface area contributed by atoms with Crippen molar-refractivity contribution in [3.63, 3.8) is 0 Å². The highest BCUT2D eigenvalue weighted by Crippen LogP contribution is 2.46. The van der Waals surface area contributed by atoms with E-state index < -0.39 is 0 Å². The number of likely N-dealkylation sites (tertiary alicyclic amines) is 1. The van der Waals surface area contributed by atoms with Crippen molar-refractivity contribution in [3.8, 4) is 5.75 Å². The number of thioether (sulfide) groups is 1. The van der Waals surface area contributed by atoms with Crippen LogP contribution in [0.25, 0.3) is 0 Å². The molecule has 0 aromatic carbocycles. The Kier molecular flexibility index (Phi) is 3.84. The van der Waals surface area contributed by atoms with E-state index in [1.165, 1.54) is 5.01 Å². The van der Waals surface area contributed by atoms with Gasteiger partial charge in [0.05, 0.1) is 12.7 Å². The maximum absolute atomic E-state index is 6.05. The molecular formula is C16H19N3OS2. The summed E-state index contributed by atoms with van der Waals surface area (Å²) < 4.78 is 6.45. The monoisotopic (exact) mass is 333 g/mol. The molecule has 0 saturated carbocycles. The second-order valence-electron chi connectivity index (χ2n) is 6.15. The van der Waals surface area contributed by atoms with Crippen LogP contribution in [0.3, 0.4) is 0 Å². The van der Waals surface area contributed by atoms with E-state index >= 15 is 0 Å². The van der Waals surface area contributed by atoms with Gasteiger partial charge in [0.25, 0.3) is 0 Å². The Morgan fingerprint density at radius 2 is 2.36 bits per heavy atom. The first-order valence-electron chi connectivity index (χ1n) is 7.55. The average molecular weight is 333 g/mol. The molecule has 6 heteroatoms. The van der Waals surface area contributed by atoms with Crippen LogP contribution in [-0.4, -0.2) is 44.6 Å². The summed E-state index contributed by atoms with van der Waals surface area (Å²) in [6.45, 7) is 5.37. The zero-order valence-corrected chi connectivity index (χ0v) is 14.2. The quantitative estimate of drug-likeness (QED) is 0.860. The minimum Gasteiger partial charge on any atom is -0.488 e. The van der Waals surface area contributed by atoms with Gasteiger partial charge >= 0.3 is 0 Å². The standard InChI is InChI=1S/C16H19N3OS2/c1-12-8-21-15(18-12)7-19-10-16(11-19)5-14(9-22-16)20-13-3-2-4-17-6-13/h2-4,6,8,14H,5,7,9-11H2,1H3. The van der Waals surface area contributed by atoms with Crippen LogP contribution in [0, 0.1) is 6.92 Å². The number of hydrogen-bond donors (Lipinski definition) is 0. The van der Waals surface area contributed by atoms with Crippen molar-refractivity contribution in [2.75, 3.05) is 18.8 Å². The predicted octanol–water partition coefficient (Wildman–Crippen LogP) is 2.99. The topological polar surface area (TPSA) is 38.2 Å². The van der Waals surface area contributed by atoms with Crippen LogP contribution in [-0.2, 0) is 6.54 Å². The van der Waals surface area contributed by atoms with E-state index in [1.807, 2.05) is 12.1 Å². The van der Waals surface area contributed by atoms with Crippen molar-refractivity contribution >= 4 is 23.1 Å². The van der Waals surface area contributed by atoms with Crippen LogP contribution in [0.2, 0.25) is 0 Å².